The van der Waals surface area contributed by atoms with E-state index in [-0.39, 0.29) is 0 Å². The number of carboxylic acid groups (broad SMARTS) is 1. The van der Waals surface area contributed by atoms with Gasteiger partial charge in [-0.3, -0.25) is 9.59 Å². The van der Waals surface area contributed by atoms with Crippen LogP contribution in [-0.2, 0) is 9.59 Å². The van der Waals surface area contributed by atoms with Crippen molar-refractivity contribution in [1.82, 2.24) is 0 Å². The molecule has 1 rings (SSSR count). The molecular weight excluding hydrogens is 202 g/mol. The van der Waals surface area contributed by atoms with Gasteiger partial charge >= 0.3 is 5.97 Å². The minimum absolute atomic E-state index is 0.483. The summed E-state index contributed by atoms with van der Waals surface area (Å²) in [5, 5.41) is 13.7. The van der Waals surface area contributed by atoms with Crippen LogP contribution in [0.1, 0.15) is 12.5 Å². The molecule has 0 aliphatic carbocycles. The van der Waals surface area contributed by atoms with Gasteiger partial charge in [0.05, 0.1) is 5.00 Å². The van der Waals surface area contributed by atoms with Crippen molar-refractivity contribution in [3.05, 3.63) is 17.0 Å². The maximum absolute atomic E-state index is 11.3. The standard InChI is InChI=1S/C9H11NO3S/c1-5-3-4-14-8(5)10-7(11)6(2)9(12)13/h3-4,6H,1-2H3,(H,10,11)(H,12,13). The Labute approximate surface area is 85.6 Å². The van der Waals surface area contributed by atoms with E-state index in [1.54, 1.807) is 0 Å². The van der Waals surface area contributed by atoms with E-state index in [0.29, 0.717) is 5.00 Å². The number of rotatable bonds is 3. The first-order valence-corrected chi connectivity index (χ1v) is 4.98. The molecular formula is C9H11NO3S. The molecule has 0 fully saturated rings. The second-order valence-electron chi connectivity index (χ2n) is 2.98. The second-order valence-corrected chi connectivity index (χ2v) is 3.90. The predicted molar refractivity (Wildman–Crippen MR) is 54.5 cm³/mol. The van der Waals surface area contributed by atoms with Crippen LogP contribution < -0.4 is 5.32 Å². The van der Waals surface area contributed by atoms with Crippen LogP contribution in [0.4, 0.5) is 5.00 Å². The molecule has 1 amide bonds. The Bertz CT molecular complexity index is 359. The van der Waals surface area contributed by atoms with E-state index < -0.39 is 17.8 Å². The third-order valence-electron chi connectivity index (χ3n) is 1.86. The van der Waals surface area contributed by atoms with Gasteiger partial charge in [0.15, 0.2) is 0 Å². The first kappa shape index (κ1) is 10.7. The second kappa shape index (κ2) is 4.23. The minimum Gasteiger partial charge on any atom is -0.481 e. The summed E-state index contributed by atoms with van der Waals surface area (Å²) in [6.07, 6.45) is 0. The third kappa shape index (κ3) is 2.32. The molecule has 0 bridgehead atoms. The molecule has 1 atom stereocenters. The van der Waals surface area contributed by atoms with Gasteiger partial charge in [-0.2, -0.15) is 0 Å². The summed E-state index contributed by atoms with van der Waals surface area (Å²) >= 11 is 1.38. The molecule has 4 nitrogen and oxygen atoms in total. The molecule has 0 saturated carbocycles. The lowest BCUT2D eigenvalue weighted by Crippen LogP contribution is -2.26. The number of thiophene rings is 1. The van der Waals surface area contributed by atoms with Crippen molar-refractivity contribution < 1.29 is 14.7 Å². The number of hydrogen-bond donors (Lipinski definition) is 2. The molecule has 0 aliphatic rings. The maximum atomic E-state index is 11.3. The Balaban J connectivity index is 2.66. The fourth-order valence-corrected chi connectivity index (χ4v) is 1.65. The van der Waals surface area contributed by atoms with Crippen LogP contribution in [0.5, 0.6) is 0 Å². The van der Waals surface area contributed by atoms with Crippen molar-refractivity contribution >= 4 is 28.2 Å². The Morgan fingerprint density at radius 1 is 1.57 bits per heavy atom. The van der Waals surface area contributed by atoms with Crippen LogP contribution in [0.25, 0.3) is 0 Å². The minimum atomic E-state index is -1.11. The van der Waals surface area contributed by atoms with Crippen molar-refractivity contribution in [3.8, 4) is 0 Å². The molecule has 0 spiro atoms. The maximum Gasteiger partial charge on any atom is 0.315 e. The SMILES string of the molecule is Cc1ccsc1NC(=O)C(C)C(=O)O. The quantitative estimate of drug-likeness (QED) is 0.751. The smallest absolute Gasteiger partial charge is 0.315 e. The van der Waals surface area contributed by atoms with Crippen molar-refractivity contribution in [2.75, 3.05) is 5.32 Å². The van der Waals surface area contributed by atoms with Crippen molar-refractivity contribution in [2.24, 2.45) is 5.92 Å². The van der Waals surface area contributed by atoms with Gasteiger partial charge in [-0.1, -0.05) is 0 Å². The average Bonchev–Trinajstić information content (AvgIpc) is 2.50. The average molecular weight is 213 g/mol. The molecule has 5 heteroatoms. The van der Waals surface area contributed by atoms with Crippen LogP contribution in [-0.4, -0.2) is 17.0 Å². The third-order valence-corrected chi connectivity index (χ3v) is 2.79. The van der Waals surface area contributed by atoms with Crippen molar-refractivity contribution in [3.63, 3.8) is 0 Å². The van der Waals surface area contributed by atoms with E-state index in [2.05, 4.69) is 5.32 Å². The van der Waals surface area contributed by atoms with Crippen LogP contribution in [0.2, 0.25) is 0 Å². The Morgan fingerprint density at radius 2 is 2.21 bits per heavy atom. The molecule has 1 aromatic rings. The molecule has 1 heterocycles. The first-order valence-electron chi connectivity index (χ1n) is 4.10. The molecule has 2 N–H and O–H groups in total. The summed E-state index contributed by atoms with van der Waals surface area (Å²) in [6.45, 7) is 3.22. The summed E-state index contributed by atoms with van der Waals surface area (Å²) in [6, 6.07) is 1.87. The molecule has 0 aliphatic heterocycles. The van der Waals surface area contributed by atoms with Gasteiger partial charge < -0.3 is 10.4 Å². The lowest BCUT2D eigenvalue weighted by atomic mass is 10.2. The Kier molecular flexibility index (Phi) is 3.24. The Morgan fingerprint density at radius 3 is 2.64 bits per heavy atom. The van der Waals surface area contributed by atoms with E-state index >= 15 is 0 Å². The number of carbonyl (C=O) groups is 2. The van der Waals surface area contributed by atoms with Gasteiger partial charge in [0, 0.05) is 0 Å². The van der Waals surface area contributed by atoms with Crippen LogP contribution in [0.15, 0.2) is 11.4 Å². The Hall–Kier alpha value is -1.36. The molecule has 76 valence electrons. The number of nitrogens with one attached hydrogen (secondary N) is 1. The highest BCUT2D eigenvalue weighted by molar-refractivity contribution is 7.14. The molecule has 0 radical (unpaired) electrons. The van der Waals surface area contributed by atoms with Gasteiger partial charge in [-0.15, -0.1) is 11.3 Å². The molecule has 0 aromatic carbocycles. The van der Waals surface area contributed by atoms with Crippen molar-refractivity contribution in [2.45, 2.75) is 13.8 Å². The van der Waals surface area contributed by atoms with E-state index in [1.165, 1.54) is 18.3 Å². The van der Waals surface area contributed by atoms with E-state index in [9.17, 15) is 9.59 Å². The largest absolute Gasteiger partial charge is 0.481 e. The highest BCUT2D eigenvalue weighted by atomic mass is 32.1. The van der Waals surface area contributed by atoms with Gasteiger partial charge in [0.2, 0.25) is 5.91 Å². The summed E-state index contributed by atoms with van der Waals surface area (Å²) in [5.74, 6) is -2.61. The number of aliphatic carboxylic acids is 1. The topological polar surface area (TPSA) is 66.4 Å². The van der Waals surface area contributed by atoms with Gasteiger partial charge in [0.25, 0.3) is 0 Å². The van der Waals surface area contributed by atoms with Crippen LogP contribution in [0.3, 0.4) is 0 Å². The highest BCUT2D eigenvalue weighted by Gasteiger charge is 2.20. The fraction of sp³-hybridized carbons (Fsp3) is 0.333. The lowest BCUT2D eigenvalue weighted by molar-refractivity contribution is -0.144. The summed E-state index contributed by atoms with van der Waals surface area (Å²) in [7, 11) is 0. The number of anilines is 1. The molecule has 1 aromatic heterocycles. The normalized spacial score (nSPS) is 12.1. The van der Waals surface area contributed by atoms with Crippen LogP contribution in [0, 0.1) is 12.8 Å². The van der Waals surface area contributed by atoms with E-state index in [4.69, 9.17) is 5.11 Å². The van der Waals surface area contributed by atoms with Gasteiger partial charge in [-0.25, -0.2) is 0 Å². The van der Waals surface area contributed by atoms with Gasteiger partial charge in [-0.05, 0) is 30.9 Å². The van der Waals surface area contributed by atoms with Crippen molar-refractivity contribution in [1.29, 1.82) is 0 Å². The predicted octanol–water partition coefficient (Wildman–Crippen LogP) is 1.72. The summed E-state index contributed by atoms with van der Waals surface area (Å²) in [5.41, 5.74) is 0.945. The molecule has 14 heavy (non-hydrogen) atoms. The van der Waals surface area contributed by atoms with E-state index in [1.807, 2.05) is 18.4 Å². The summed E-state index contributed by atoms with van der Waals surface area (Å²) < 4.78 is 0. The van der Waals surface area contributed by atoms with E-state index in [0.717, 1.165) is 5.56 Å². The monoisotopic (exact) mass is 213 g/mol. The zero-order valence-corrected chi connectivity index (χ0v) is 8.72. The molecule has 1 unspecified atom stereocenters. The number of amides is 1. The number of aryl methyl sites for hydroxylation is 1. The molecule has 0 saturated heterocycles. The number of carboxylic acids is 1. The van der Waals surface area contributed by atoms with Gasteiger partial charge in [0.1, 0.15) is 5.92 Å². The fourth-order valence-electron chi connectivity index (χ4n) is 0.833. The number of carbonyl (C=O) groups excluding carboxylic acids is 1. The number of hydrogen-bond acceptors (Lipinski definition) is 3. The highest BCUT2D eigenvalue weighted by Crippen LogP contribution is 2.22. The zero-order chi connectivity index (χ0) is 10.7. The lowest BCUT2D eigenvalue weighted by Gasteiger charge is -2.06. The summed E-state index contributed by atoms with van der Waals surface area (Å²) in [4.78, 5) is 21.8. The first-order chi connectivity index (χ1) is 6.52. The van der Waals surface area contributed by atoms with Crippen LogP contribution >= 0.6 is 11.3 Å². The zero-order valence-electron chi connectivity index (χ0n) is 7.90.